The van der Waals surface area contributed by atoms with Crippen LogP contribution in [0.1, 0.15) is 23.2 Å². The summed E-state index contributed by atoms with van der Waals surface area (Å²) in [6, 6.07) is 5.77. The molecule has 0 spiro atoms. The number of nitrogens with one attached hydrogen (secondary N) is 1. The van der Waals surface area contributed by atoms with Crippen LogP contribution in [0, 0.1) is 5.92 Å². The van der Waals surface area contributed by atoms with Gasteiger partial charge in [0.25, 0.3) is 5.91 Å². The Bertz CT molecular complexity index is 508. The molecule has 2 atom stereocenters. The van der Waals surface area contributed by atoms with Crippen LogP contribution in [0.5, 0.6) is 0 Å². The summed E-state index contributed by atoms with van der Waals surface area (Å²) in [5.41, 5.74) is 0.601. The number of likely N-dealkylation sites (tertiary alicyclic amines) is 1. The Morgan fingerprint density at radius 1 is 1.42 bits per heavy atom. The van der Waals surface area contributed by atoms with Crippen molar-refractivity contribution in [3.8, 4) is 0 Å². The molecule has 0 aliphatic carbocycles. The van der Waals surface area contributed by atoms with Crippen molar-refractivity contribution in [1.82, 2.24) is 10.2 Å². The highest BCUT2D eigenvalue weighted by molar-refractivity contribution is 9.10. The molecule has 102 valence electrons. The van der Waals surface area contributed by atoms with Crippen LogP contribution in [0.2, 0.25) is 5.02 Å². The number of nitrogens with zero attached hydrogens (tertiary/aromatic N) is 1. The fourth-order valence-corrected chi connectivity index (χ4v) is 3.70. The maximum Gasteiger partial charge on any atom is 0.255 e. The van der Waals surface area contributed by atoms with Crippen molar-refractivity contribution in [3.05, 3.63) is 33.3 Å². The summed E-state index contributed by atoms with van der Waals surface area (Å²) in [5.74, 6) is 0.660. The molecule has 3 rings (SSSR count). The van der Waals surface area contributed by atoms with Crippen LogP contribution in [0.25, 0.3) is 0 Å². The van der Waals surface area contributed by atoms with Crippen molar-refractivity contribution in [2.75, 3.05) is 19.6 Å². The summed E-state index contributed by atoms with van der Waals surface area (Å²) in [6.45, 7) is 2.77. The molecule has 1 N–H and O–H groups in total. The molecule has 0 aromatic heterocycles. The van der Waals surface area contributed by atoms with E-state index in [4.69, 9.17) is 11.6 Å². The average Bonchev–Trinajstić information content (AvgIpc) is 2.89. The minimum Gasteiger partial charge on any atom is -0.334 e. The first-order chi connectivity index (χ1) is 9.16. The summed E-state index contributed by atoms with van der Waals surface area (Å²) in [6.07, 6.45) is 2.30. The minimum atomic E-state index is 0.0599. The molecule has 2 heterocycles. The molecule has 2 unspecified atom stereocenters. The third-order valence-corrected chi connectivity index (χ3v) is 4.92. The summed E-state index contributed by atoms with van der Waals surface area (Å²) in [5, 5.41) is 3.92. The Morgan fingerprint density at radius 2 is 2.26 bits per heavy atom. The van der Waals surface area contributed by atoms with Gasteiger partial charge in [0.2, 0.25) is 0 Å². The van der Waals surface area contributed by atoms with Crippen LogP contribution in [-0.2, 0) is 0 Å². The van der Waals surface area contributed by atoms with E-state index in [-0.39, 0.29) is 5.91 Å². The second kappa shape index (κ2) is 5.43. The quantitative estimate of drug-likeness (QED) is 0.850. The number of hydrogen-bond acceptors (Lipinski definition) is 2. The molecule has 2 saturated heterocycles. The van der Waals surface area contributed by atoms with Gasteiger partial charge in [0.15, 0.2) is 0 Å². The van der Waals surface area contributed by atoms with Crippen LogP contribution >= 0.6 is 27.5 Å². The van der Waals surface area contributed by atoms with E-state index in [1.54, 1.807) is 6.07 Å². The van der Waals surface area contributed by atoms with Gasteiger partial charge in [-0.1, -0.05) is 27.5 Å². The fraction of sp³-hybridized carbons (Fsp3) is 0.500. The van der Waals surface area contributed by atoms with E-state index in [0.29, 0.717) is 22.5 Å². The Hall–Kier alpha value is -0.580. The first-order valence-electron chi connectivity index (χ1n) is 6.63. The molecule has 19 heavy (non-hydrogen) atoms. The highest BCUT2D eigenvalue weighted by Crippen LogP contribution is 2.30. The van der Waals surface area contributed by atoms with Crippen LogP contribution in [-0.4, -0.2) is 36.5 Å². The molecule has 0 radical (unpaired) electrons. The molecule has 3 nitrogen and oxygen atoms in total. The number of benzene rings is 1. The standard InChI is InChI=1S/C14H16BrClN2O/c15-10-3-4-12(16)11(6-10)14(19)18-5-1-2-9-7-17-8-13(9)18/h3-4,6,9,13,17H,1-2,5,7-8H2. The van der Waals surface area contributed by atoms with Crippen LogP contribution in [0.3, 0.4) is 0 Å². The van der Waals surface area contributed by atoms with Crippen molar-refractivity contribution in [2.45, 2.75) is 18.9 Å². The van der Waals surface area contributed by atoms with E-state index in [1.165, 1.54) is 6.42 Å². The summed E-state index contributed by atoms with van der Waals surface area (Å²) < 4.78 is 0.887. The molecule has 1 aromatic carbocycles. The fourth-order valence-electron chi connectivity index (χ4n) is 3.14. The van der Waals surface area contributed by atoms with Crippen molar-refractivity contribution in [3.63, 3.8) is 0 Å². The molecule has 5 heteroatoms. The molecular formula is C14H16BrClN2O. The second-order valence-corrected chi connectivity index (χ2v) is 6.57. The van der Waals surface area contributed by atoms with Gasteiger partial charge >= 0.3 is 0 Å². The van der Waals surface area contributed by atoms with Gasteiger partial charge in [-0.15, -0.1) is 0 Å². The molecule has 1 aromatic rings. The van der Waals surface area contributed by atoms with Crippen molar-refractivity contribution in [2.24, 2.45) is 5.92 Å². The molecule has 0 bridgehead atoms. The van der Waals surface area contributed by atoms with Gasteiger partial charge in [0, 0.05) is 30.1 Å². The number of piperidine rings is 1. The normalized spacial score (nSPS) is 26.3. The monoisotopic (exact) mass is 342 g/mol. The predicted octanol–water partition coefficient (Wildman–Crippen LogP) is 2.93. The Kier molecular flexibility index (Phi) is 3.83. The molecule has 2 fully saturated rings. The van der Waals surface area contributed by atoms with Gasteiger partial charge in [-0.2, -0.15) is 0 Å². The second-order valence-electron chi connectivity index (χ2n) is 5.25. The van der Waals surface area contributed by atoms with E-state index in [2.05, 4.69) is 21.2 Å². The molecule has 0 saturated carbocycles. The van der Waals surface area contributed by atoms with Gasteiger partial charge in [0.05, 0.1) is 10.6 Å². The summed E-state index contributed by atoms with van der Waals surface area (Å²) >= 11 is 9.57. The van der Waals surface area contributed by atoms with E-state index in [0.717, 1.165) is 30.5 Å². The Morgan fingerprint density at radius 3 is 3.11 bits per heavy atom. The third-order valence-electron chi connectivity index (χ3n) is 4.10. The van der Waals surface area contributed by atoms with E-state index < -0.39 is 0 Å². The van der Waals surface area contributed by atoms with Gasteiger partial charge in [-0.3, -0.25) is 4.79 Å². The third kappa shape index (κ3) is 2.54. The first-order valence-corrected chi connectivity index (χ1v) is 7.80. The zero-order valence-electron chi connectivity index (χ0n) is 10.5. The van der Waals surface area contributed by atoms with Crippen LogP contribution in [0.15, 0.2) is 22.7 Å². The number of rotatable bonds is 1. The van der Waals surface area contributed by atoms with Crippen molar-refractivity contribution >= 4 is 33.4 Å². The van der Waals surface area contributed by atoms with Gasteiger partial charge in [-0.05, 0) is 37.0 Å². The smallest absolute Gasteiger partial charge is 0.255 e. The van der Waals surface area contributed by atoms with Gasteiger partial charge < -0.3 is 10.2 Å². The van der Waals surface area contributed by atoms with Gasteiger partial charge in [-0.25, -0.2) is 0 Å². The zero-order valence-corrected chi connectivity index (χ0v) is 12.9. The van der Waals surface area contributed by atoms with Crippen molar-refractivity contribution < 1.29 is 4.79 Å². The Labute approximate surface area is 126 Å². The number of fused-ring (bicyclic) bond motifs is 1. The zero-order chi connectivity index (χ0) is 13.4. The molecular weight excluding hydrogens is 328 g/mol. The summed E-state index contributed by atoms with van der Waals surface area (Å²) in [4.78, 5) is 14.7. The van der Waals surface area contributed by atoms with Crippen molar-refractivity contribution in [1.29, 1.82) is 0 Å². The topological polar surface area (TPSA) is 32.3 Å². The van der Waals surface area contributed by atoms with E-state index >= 15 is 0 Å². The SMILES string of the molecule is O=C(c1cc(Br)ccc1Cl)N1CCCC2CNCC21. The molecule has 2 aliphatic rings. The minimum absolute atomic E-state index is 0.0599. The van der Waals surface area contributed by atoms with E-state index in [1.807, 2.05) is 17.0 Å². The maximum absolute atomic E-state index is 12.7. The lowest BCUT2D eigenvalue weighted by atomic mass is 9.91. The molecule has 2 aliphatic heterocycles. The number of carbonyl (C=O) groups is 1. The predicted molar refractivity (Wildman–Crippen MR) is 79.6 cm³/mol. The summed E-state index contributed by atoms with van der Waals surface area (Å²) in [7, 11) is 0. The lowest BCUT2D eigenvalue weighted by Gasteiger charge is -2.37. The van der Waals surface area contributed by atoms with Crippen LogP contribution in [0.4, 0.5) is 0 Å². The van der Waals surface area contributed by atoms with Crippen LogP contribution < -0.4 is 5.32 Å². The highest BCUT2D eigenvalue weighted by atomic mass is 79.9. The average molecular weight is 344 g/mol. The number of halogens is 2. The Balaban J connectivity index is 1.88. The largest absolute Gasteiger partial charge is 0.334 e. The maximum atomic E-state index is 12.7. The highest BCUT2D eigenvalue weighted by Gasteiger charge is 2.37. The lowest BCUT2D eigenvalue weighted by Crippen LogP contribution is -2.48. The lowest BCUT2D eigenvalue weighted by molar-refractivity contribution is 0.0575. The first kappa shape index (κ1) is 13.4. The molecule has 1 amide bonds. The number of hydrogen-bond donors (Lipinski definition) is 1. The van der Waals surface area contributed by atoms with Gasteiger partial charge in [0.1, 0.15) is 0 Å². The number of carbonyl (C=O) groups excluding carboxylic acids is 1. The van der Waals surface area contributed by atoms with E-state index in [9.17, 15) is 4.79 Å². The number of amides is 1.